The highest BCUT2D eigenvalue weighted by Crippen LogP contribution is 2.42. The average Bonchev–Trinajstić information content (AvgIpc) is 3.30. The normalized spacial score (nSPS) is 25.1. The highest BCUT2D eigenvalue weighted by Gasteiger charge is 2.54. The minimum absolute atomic E-state index is 0.0600. The van der Waals surface area contributed by atoms with E-state index in [1.165, 1.54) is 11.0 Å². The number of carbonyl (C=O) groups is 2. The number of carboxylic acid groups (broad SMARTS) is 1. The monoisotopic (exact) mass is 357 g/mol. The van der Waals surface area contributed by atoms with Crippen LogP contribution in [0, 0.1) is 11.3 Å². The zero-order valence-corrected chi connectivity index (χ0v) is 14.1. The van der Waals surface area contributed by atoms with Crippen molar-refractivity contribution in [3.8, 4) is 5.69 Å². The Bertz CT molecular complexity index is 807. The zero-order chi connectivity index (χ0) is 18.1. The topological polar surface area (TPSA) is 110 Å². The first-order valence-electron chi connectivity index (χ1n) is 8.50. The van der Waals surface area contributed by atoms with Gasteiger partial charge in [-0.15, -0.1) is 5.10 Å². The average molecular weight is 357 g/mol. The number of likely N-dealkylation sites (tertiary alicyclic amines) is 1. The maximum atomic E-state index is 12.7. The highest BCUT2D eigenvalue weighted by atomic mass is 16.5. The van der Waals surface area contributed by atoms with Gasteiger partial charge in [-0.25, -0.2) is 4.68 Å². The van der Waals surface area contributed by atoms with E-state index in [0.29, 0.717) is 26.2 Å². The molecule has 0 bridgehead atoms. The summed E-state index contributed by atoms with van der Waals surface area (Å²) in [4.78, 5) is 26.2. The molecule has 0 spiro atoms. The molecule has 0 radical (unpaired) electrons. The Morgan fingerprint density at radius 1 is 1.31 bits per heavy atom. The third kappa shape index (κ3) is 2.84. The van der Waals surface area contributed by atoms with Gasteiger partial charge in [-0.3, -0.25) is 9.59 Å². The summed E-state index contributed by atoms with van der Waals surface area (Å²) < 4.78 is 6.97. The number of hydrogen-bond acceptors (Lipinski definition) is 6. The number of rotatable bonds is 4. The number of nitrogens with zero attached hydrogens (tertiary/aromatic N) is 5. The molecule has 0 unspecified atom stereocenters. The molecule has 2 aliphatic heterocycles. The van der Waals surface area contributed by atoms with Crippen LogP contribution in [0.1, 0.15) is 12.0 Å². The molecule has 136 valence electrons. The van der Waals surface area contributed by atoms with Crippen molar-refractivity contribution in [1.82, 2.24) is 25.1 Å². The van der Waals surface area contributed by atoms with Crippen LogP contribution in [0.4, 0.5) is 0 Å². The second-order valence-corrected chi connectivity index (χ2v) is 6.86. The molecule has 2 atom stereocenters. The van der Waals surface area contributed by atoms with Crippen molar-refractivity contribution < 1.29 is 19.4 Å². The van der Waals surface area contributed by atoms with Gasteiger partial charge in [0, 0.05) is 25.6 Å². The number of aliphatic carboxylic acids is 1. The number of benzene rings is 1. The van der Waals surface area contributed by atoms with Crippen LogP contribution >= 0.6 is 0 Å². The largest absolute Gasteiger partial charge is 0.481 e. The molecule has 1 amide bonds. The summed E-state index contributed by atoms with van der Waals surface area (Å²) in [5.74, 6) is -1.03. The fourth-order valence-corrected chi connectivity index (χ4v) is 3.82. The van der Waals surface area contributed by atoms with Gasteiger partial charge in [0.2, 0.25) is 5.91 Å². The number of carbonyl (C=O) groups excluding carboxylic acids is 1. The molecule has 0 aliphatic carbocycles. The Balaban J connectivity index is 1.44. The number of hydrogen-bond donors (Lipinski definition) is 1. The van der Waals surface area contributed by atoms with E-state index in [1.807, 2.05) is 24.3 Å². The summed E-state index contributed by atoms with van der Waals surface area (Å²) in [5, 5.41) is 20.7. The lowest BCUT2D eigenvalue weighted by Crippen LogP contribution is -2.45. The zero-order valence-electron chi connectivity index (χ0n) is 14.1. The number of fused-ring (bicyclic) bond motifs is 1. The van der Waals surface area contributed by atoms with Crippen molar-refractivity contribution in [3.63, 3.8) is 0 Å². The van der Waals surface area contributed by atoms with Crippen molar-refractivity contribution in [2.75, 3.05) is 26.3 Å². The molecule has 26 heavy (non-hydrogen) atoms. The van der Waals surface area contributed by atoms with E-state index in [9.17, 15) is 14.7 Å². The summed E-state index contributed by atoms with van der Waals surface area (Å²) in [6, 6.07) is 7.40. The molecular weight excluding hydrogens is 338 g/mol. The molecule has 0 saturated carbocycles. The Hall–Kier alpha value is -2.81. The van der Waals surface area contributed by atoms with Crippen LogP contribution in [0.5, 0.6) is 0 Å². The lowest BCUT2D eigenvalue weighted by atomic mass is 9.74. The van der Waals surface area contributed by atoms with E-state index in [-0.39, 0.29) is 24.8 Å². The third-order valence-corrected chi connectivity index (χ3v) is 5.39. The van der Waals surface area contributed by atoms with Gasteiger partial charge in [-0.1, -0.05) is 12.1 Å². The molecule has 2 fully saturated rings. The van der Waals surface area contributed by atoms with Crippen molar-refractivity contribution in [3.05, 3.63) is 36.2 Å². The summed E-state index contributed by atoms with van der Waals surface area (Å²) in [6.07, 6.45) is 2.19. The van der Waals surface area contributed by atoms with Crippen molar-refractivity contribution in [2.24, 2.45) is 11.3 Å². The minimum Gasteiger partial charge on any atom is -0.481 e. The summed E-state index contributed by atoms with van der Waals surface area (Å²) in [5.41, 5.74) is 0.806. The van der Waals surface area contributed by atoms with Crippen LogP contribution in [0.15, 0.2) is 30.6 Å². The van der Waals surface area contributed by atoms with Gasteiger partial charge >= 0.3 is 5.97 Å². The molecule has 1 N–H and O–H groups in total. The first-order valence-corrected chi connectivity index (χ1v) is 8.50. The quantitative estimate of drug-likeness (QED) is 0.829. The second kappa shape index (κ2) is 6.49. The number of carboxylic acids is 1. The minimum atomic E-state index is -0.863. The fraction of sp³-hybridized carbons (Fsp3) is 0.471. The lowest BCUT2D eigenvalue weighted by Gasteiger charge is -2.33. The lowest BCUT2D eigenvalue weighted by molar-refractivity contribution is -0.157. The molecular formula is C17H19N5O4. The molecule has 3 heterocycles. The maximum absolute atomic E-state index is 12.7. The number of tetrazole rings is 1. The number of ether oxygens (including phenoxy) is 1. The van der Waals surface area contributed by atoms with E-state index < -0.39 is 11.4 Å². The Morgan fingerprint density at radius 3 is 2.77 bits per heavy atom. The van der Waals surface area contributed by atoms with Crippen LogP contribution < -0.4 is 0 Å². The maximum Gasteiger partial charge on any atom is 0.311 e. The second-order valence-electron chi connectivity index (χ2n) is 6.86. The number of amides is 1. The van der Waals surface area contributed by atoms with Crippen LogP contribution in [0.3, 0.4) is 0 Å². The van der Waals surface area contributed by atoms with Gasteiger partial charge in [-0.2, -0.15) is 0 Å². The summed E-state index contributed by atoms with van der Waals surface area (Å²) in [6.45, 7) is 1.53. The van der Waals surface area contributed by atoms with Crippen LogP contribution in [-0.2, 0) is 20.7 Å². The molecule has 9 heteroatoms. The predicted molar refractivity (Wildman–Crippen MR) is 88.4 cm³/mol. The van der Waals surface area contributed by atoms with E-state index in [0.717, 1.165) is 11.3 Å². The SMILES string of the molecule is O=C(Cc1ccc(-n2cnnn2)cc1)N1C[C@H]2COCC[C@@]2(C(=O)O)C1. The van der Waals surface area contributed by atoms with Gasteiger partial charge in [0.1, 0.15) is 6.33 Å². The van der Waals surface area contributed by atoms with Crippen LogP contribution in [0.25, 0.3) is 5.69 Å². The van der Waals surface area contributed by atoms with Crippen molar-refractivity contribution >= 4 is 11.9 Å². The third-order valence-electron chi connectivity index (χ3n) is 5.39. The van der Waals surface area contributed by atoms with Crippen LogP contribution in [-0.4, -0.2) is 68.4 Å². The standard InChI is InChI=1S/C17H19N5O4/c23-15(7-12-1-3-14(4-2-12)22-11-18-19-20-22)21-8-13-9-26-6-5-17(13,10-21)16(24)25/h1-4,11,13H,5-10H2,(H,24,25)/t13-,17+/m0/s1. The molecule has 1 aromatic carbocycles. The van der Waals surface area contributed by atoms with Crippen molar-refractivity contribution in [2.45, 2.75) is 12.8 Å². The smallest absolute Gasteiger partial charge is 0.311 e. The molecule has 2 saturated heterocycles. The predicted octanol–water partition coefficient (Wildman–Crippen LogP) is 0.154. The Labute approximate surface area is 149 Å². The molecule has 1 aromatic heterocycles. The van der Waals surface area contributed by atoms with E-state index in [1.54, 1.807) is 4.90 Å². The molecule has 2 aliphatic rings. The first-order chi connectivity index (χ1) is 12.6. The van der Waals surface area contributed by atoms with Crippen LogP contribution in [0.2, 0.25) is 0 Å². The molecule has 2 aromatic rings. The Morgan fingerprint density at radius 2 is 2.12 bits per heavy atom. The highest BCUT2D eigenvalue weighted by molar-refractivity contribution is 5.82. The van der Waals surface area contributed by atoms with Crippen molar-refractivity contribution in [1.29, 1.82) is 0 Å². The van der Waals surface area contributed by atoms with Gasteiger partial charge < -0.3 is 14.7 Å². The van der Waals surface area contributed by atoms with Gasteiger partial charge in [0.25, 0.3) is 0 Å². The van der Waals surface area contributed by atoms with Gasteiger partial charge in [0.15, 0.2) is 0 Å². The summed E-state index contributed by atoms with van der Waals surface area (Å²) in [7, 11) is 0. The van der Waals surface area contributed by atoms with E-state index in [2.05, 4.69) is 15.5 Å². The molecule has 4 rings (SSSR count). The van der Waals surface area contributed by atoms with E-state index >= 15 is 0 Å². The molecule has 9 nitrogen and oxygen atoms in total. The Kier molecular flexibility index (Phi) is 4.15. The number of aromatic nitrogens is 4. The first kappa shape index (κ1) is 16.6. The fourth-order valence-electron chi connectivity index (χ4n) is 3.82. The van der Waals surface area contributed by atoms with Gasteiger partial charge in [-0.05, 0) is 34.5 Å². The van der Waals surface area contributed by atoms with Gasteiger partial charge in [0.05, 0.1) is 24.1 Å². The van der Waals surface area contributed by atoms with E-state index in [4.69, 9.17) is 4.74 Å². The summed E-state index contributed by atoms with van der Waals surface area (Å²) >= 11 is 0.